The summed E-state index contributed by atoms with van der Waals surface area (Å²) in [6.07, 6.45) is 2.98. The van der Waals surface area contributed by atoms with Crippen LogP contribution in [0, 0.1) is 0 Å². The summed E-state index contributed by atoms with van der Waals surface area (Å²) < 4.78 is 5.12. The van der Waals surface area contributed by atoms with Gasteiger partial charge < -0.3 is 4.74 Å². The normalized spacial score (nSPS) is 11.4. The molecule has 0 fully saturated rings. The second-order valence-corrected chi connectivity index (χ2v) is 4.14. The molecule has 1 rings (SSSR count). The van der Waals surface area contributed by atoms with Gasteiger partial charge in [-0.25, -0.2) is 9.69 Å². The fourth-order valence-electron chi connectivity index (χ4n) is 1.72. The van der Waals surface area contributed by atoms with Gasteiger partial charge in [0.25, 0.3) is 0 Å². The highest BCUT2D eigenvalue weighted by molar-refractivity contribution is 5.81. The van der Waals surface area contributed by atoms with Gasteiger partial charge in [0.15, 0.2) is 0 Å². The zero-order valence-corrected chi connectivity index (χ0v) is 11.1. The number of hydrogen-bond acceptors (Lipinski definition) is 3. The number of rotatable bonds is 7. The molecule has 0 aliphatic heterocycles. The Balaban J connectivity index is 2.58. The van der Waals surface area contributed by atoms with Crippen molar-refractivity contribution in [3.63, 3.8) is 0 Å². The summed E-state index contributed by atoms with van der Waals surface area (Å²) in [4.78, 5) is 23.9. The van der Waals surface area contributed by atoms with Crippen LogP contribution < -0.4 is 0 Å². The maximum atomic E-state index is 11.8. The van der Waals surface area contributed by atoms with Crippen LogP contribution in [0.2, 0.25) is 0 Å². The Morgan fingerprint density at radius 2 is 2.11 bits per heavy atom. The Hall–Kier alpha value is -2.10. The van der Waals surface area contributed by atoms with Crippen molar-refractivity contribution in [3.05, 3.63) is 48.6 Å². The van der Waals surface area contributed by atoms with Crippen LogP contribution in [0.5, 0.6) is 0 Å². The smallest absolute Gasteiger partial charge is 0.417 e. The van der Waals surface area contributed by atoms with Crippen LogP contribution in [-0.2, 0) is 16.1 Å². The van der Waals surface area contributed by atoms with E-state index >= 15 is 0 Å². The van der Waals surface area contributed by atoms with Gasteiger partial charge in [0.1, 0.15) is 6.61 Å². The lowest BCUT2D eigenvalue weighted by atomic mass is 10.1. The van der Waals surface area contributed by atoms with E-state index in [2.05, 4.69) is 6.58 Å². The van der Waals surface area contributed by atoms with E-state index in [1.165, 1.54) is 0 Å². The fourth-order valence-corrected chi connectivity index (χ4v) is 1.72. The van der Waals surface area contributed by atoms with Crippen molar-refractivity contribution in [2.24, 2.45) is 0 Å². The summed E-state index contributed by atoms with van der Waals surface area (Å²) >= 11 is 0. The standard InChI is InChI=1S/C15H19NO3/c1-3-8-14(4-2)16(12-17)15(18)19-11-13-9-6-5-7-10-13/h4-7,9-10,12,14H,2-3,8,11H2,1H3/t14-/m0/s1. The first-order valence-corrected chi connectivity index (χ1v) is 6.29. The average molecular weight is 261 g/mol. The third-order valence-electron chi connectivity index (χ3n) is 2.74. The molecule has 4 nitrogen and oxygen atoms in total. The van der Waals surface area contributed by atoms with Crippen molar-refractivity contribution in [2.75, 3.05) is 0 Å². The number of imide groups is 1. The third kappa shape index (κ3) is 4.58. The van der Waals surface area contributed by atoms with Gasteiger partial charge in [0.2, 0.25) is 6.41 Å². The first-order chi connectivity index (χ1) is 9.22. The zero-order valence-electron chi connectivity index (χ0n) is 11.1. The summed E-state index contributed by atoms with van der Waals surface area (Å²) in [5, 5.41) is 0. The van der Waals surface area contributed by atoms with Gasteiger partial charge in [-0.3, -0.25) is 4.79 Å². The van der Waals surface area contributed by atoms with Crippen LogP contribution in [0.25, 0.3) is 0 Å². The van der Waals surface area contributed by atoms with Crippen LogP contribution >= 0.6 is 0 Å². The minimum Gasteiger partial charge on any atom is -0.444 e. The molecule has 0 aliphatic carbocycles. The number of carbonyl (C=O) groups excluding carboxylic acids is 2. The zero-order chi connectivity index (χ0) is 14.1. The third-order valence-corrected chi connectivity index (χ3v) is 2.74. The molecule has 0 saturated carbocycles. The van der Waals surface area contributed by atoms with Gasteiger partial charge in [0.05, 0.1) is 6.04 Å². The fraction of sp³-hybridized carbons (Fsp3) is 0.333. The Labute approximate surface area is 113 Å². The lowest BCUT2D eigenvalue weighted by Crippen LogP contribution is -2.38. The second-order valence-electron chi connectivity index (χ2n) is 4.14. The second kappa shape index (κ2) is 8.08. The Morgan fingerprint density at radius 3 is 2.63 bits per heavy atom. The summed E-state index contributed by atoms with van der Waals surface area (Å²) in [5.41, 5.74) is 0.882. The van der Waals surface area contributed by atoms with E-state index in [0.717, 1.165) is 16.9 Å². The molecule has 0 N–H and O–H groups in total. The SMILES string of the molecule is C=C[C@@H](CCC)N(C=O)C(=O)OCc1ccccc1. The van der Waals surface area contributed by atoms with Crippen LogP contribution in [0.3, 0.4) is 0 Å². The number of nitrogens with zero attached hydrogens (tertiary/aromatic N) is 1. The molecule has 0 aliphatic rings. The number of hydrogen-bond donors (Lipinski definition) is 0. The molecule has 102 valence electrons. The average Bonchev–Trinajstić information content (AvgIpc) is 2.46. The molecule has 1 atom stereocenters. The van der Waals surface area contributed by atoms with E-state index in [9.17, 15) is 9.59 Å². The van der Waals surface area contributed by atoms with Gasteiger partial charge in [-0.05, 0) is 12.0 Å². The molecule has 1 aromatic carbocycles. The van der Waals surface area contributed by atoms with Crippen LogP contribution in [0.1, 0.15) is 25.3 Å². The molecule has 2 amide bonds. The molecule has 0 heterocycles. The van der Waals surface area contributed by atoms with Gasteiger partial charge in [0, 0.05) is 0 Å². The van der Waals surface area contributed by atoms with Gasteiger partial charge >= 0.3 is 6.09 Å². The number of amides is 2. The predicted molar refractivity (Wildman–Crippen MR) is 73.4 cm³/mol. The minimum atomic E-state index is -0.641. The molecule has 4 heteroatoms. The highest BCUT2D eigenvalue weighted by atomic mass is 16.6. The molecule has 0 spiro atoms. The van der Waals surface area contributed by atoms with E-state index in [-0.39, 0.29) is 12.6 Å². The lowest BCUT2D eigenvalue weighted by molar-refractivity contribution is -0.118. The molecule has 19 heavy (non-hydrogen) atoms. The monoisotopic (exact) mass is 261 g/mol. The van der Waals surface area contributed by atoms with E-state index in [1.54, 1.807) is 6.08 Å². The molecular formula is C15H19NO3. The highest BCUT2D eigenvalue weighted by Gasteiger charge is 2.21. The largest absolute Gasteiger partial charge is 0.444 e. The summed E-state index contributed by atoms with van der Waals surface area (Å²) in [6.45, 7) is 5.77. The Kier molecular flexibility index (Phi) is 6.36. The van der Waals surface area contributed by atoms with Crippen LogP contribution in [-0.4, -0.2) is 23.4 Å². The van der Waals surface area contributed by atoms with E-state index in [4.69, 9.17) is 4.74 Å². The van der Waals surface area contributed by atoms with Crippen molar-refractivity contribution in [3.8, 4) is 0 Å². The maximum absolute atomic E-state index is 11.8. The Bertz CT molecular complexity index is 417. The molecule has 0 aromatic heterocycles. The molecule has 0 saturated heterocycles. The first-order valence-electron chi connectivity index (χ1n) is 6.29. The summed E-state index contributed by atoms with van der Waals surface area (Å²) in [5.74, 6) is 0. The summed E-state index contributed by atoms with van der Waals surface area (Å²) in [6, 6.07) is 9.02. The summed E-state index contributed by atoms with van der Waals surface area (Å²) in [7, 11) is 0. The molecular weight excluding hydrogens is 242 g/mol. The van der Waals surface area contributed by atoms with Crippen molar-refractivity contribution in [2.45, 2.75) is 32.4 Å². The van der Waals surface area contributed by atoms with Gasteiger partial charge in [-0.1, -0.05) is 49.8 Å². The number of benzene rings is 1. The van der Waals surface area contributed by atoms with E-state index in [0.29, 0.717) is 12.8 Å². The lowest BCUT2D eigenvalue weighted by Gasteiger charge is -2.22. The quantitative estimate of drug-likeness (QED) is 0.559. The molecule has 1 aromatic rings. The molecule has 0 bridgehead atoms. The molecule has 0 unspecified atom stereocenters. The van der Waals surface area contributed by atoms with E-state index < -0.39 is 6.09 Å². The topological polar surface area (TPSA) is 46.6 Å². The first kappa shape index (κ1) is 15.0. The number of ether oxygens (including phenoxy) is 1. The van der Waals surface area contributed by atoms with Gasteiger partial charge in [-0.2, -0.15) is 0 Å². The highest BCUT2D eigenvalue weighted by Crippen LogP contribution is 2.09. The van der Waals surface area contributed by atoms with Crippen molar-refractivity contribution >= 4 is 12.5 Å². The van der Waals surface area contributed by atoms with Crippen LogP contribution in [0.4, 0.5) is 4.79 Å². The molecule has 0 radical (unpaired) electrons. The van der Waals surface area contributed by atoms with Crippen molar-refractivity contribution in [1.29, 1.82) is 0 Å². The van der Waals surface area contributed by atoms with Crippen LogP contribution in [0.15, 0.2) is 43.0 Å². The Morgan fingerprint density at radius 1 is 1.42 bits per heavy atom. The maximum Gasteiger partial charge on any atom is 0.417 e. The van der Waals surface area contributed by atoms with E-state index in [1.807, 2.05) is 37.3 Å². The minimum absolute atomic E-state index is 0.153. The number of carbonyl (C=O) groups is 2. The predicted octanol–water partition coefficient (Wildman–Crippen LogP) is 3.14. The van der Waals surface area contributed by atoms with Crippen molar-refractivity contribution < 1.29 is 14.3 Å². The van der Waals surface area contributed by atoms with Gasteiger partial charge in [-0.15, -0.1) is 6.58 Å². The van der Waals surface area contributed by atoms with Crippen molar-refractivity contribution in [1.82, 2.24) is 4.90 Å².